The summed E-state index contributed by atoms with van der Waals surface area (Å²) in [5.74, 6) is 0.693. The Kier molecular flexibility index (Phi) is 4.37. The quantitative estimate of drug-likeness (QED) is 0.866. The maximum Gasteiger partial charge on any atom is 0.243 e. The fourth-order valence-electron chi connectivity index (χ4n) is 2.32. The largest absolute Gasteiger partial charge is 0.352 e. The summed E-state index contributed by atoms with van der Waals surface area (Å²) in [7, 11) is 0. The predicted molar refractivity (Wildman–Crippen MR) is 78.5 cm³/mol. The van der Waals surface area contributed by atoms with E-state index in [4.69, 9.17) is 0 Å². The molecule has 0 unspecified atom stereocenters. The molecule has 5 nitrogen and oxygen atoms in total. The van der Waals surface area contributed by atoms with Gasteiger partial charge in [-0.15, -0.1) is 5.10 Å². The van der Waals surface area contributed by atoms with Crippen LogP contribution < -0.4 is 5.32 Å². The molecule has 0 aromatic carbocycles. The van der Waals surface area contributed by atoms with Crippen molar-refractivity contribution in [1.82, 2.24) is 19.5 Å². The number of anilines is 1. The molecule has 0 aliphatic heterocycles. The first-order chi connectivity index (χ1) is 9.08. The first-order valence-corrected chi connectivity index (χ1v) is 6.89. The van der Waals surface area contributed by atoms with Crippen molar-refractivity contribution in [2.75, 3.05) is 18.4 Å². The Balaban J connectivity index is 1.91. The number of pyridine rings is 1. The van der Waals surface area contributed by atoms with Crippen LogP contribution in [0.3, 0.4) is 0 Å². The van der Waals surface area contributed by atoms with Crippen molar-refractivity contribution < 1.29 is 0 Å². The molecule has 0 amide bonds. The van der Waals surface area contributed by atoms with Crippen LogP contribution in [0.5, 0.6) is 0 Å². The summed E-state index contributed by atoms with van der Waals surface area (Å²) < 4.78 is 1.78. The van der Waals surface area contributed by atoms with E-state index in [2.05, 4.69) is 48.0 Å². The molecule has 0 bridgehead atoms. The maximum atomic E-state index is 4.42. The lowest BCUT2D eigenvalue weighted by molar-refractivity contribution is 0.182. The maximum absolute atomic E-state index is 4.42. The van der Waals surface area contributed by atoms with Gasteiger partial charge in [-0.1, -0.05) is 6.07 Å². The van der Waals surface area contributed by atoms with Crippen LogP contribution >= 0.6 is 0 Å². The molecule has 2 rings (SSSR count). The number of aromatic nitrogens is 3. The third-order valence-electron chi connectivity index (χ3n) is 3.22. The van der Waals surface area contributed by atoms with Crippen LogP contribution in [0, 0.1) is 0 Å². The van der Waals surface area contributed by atoms with E-state index in [-0.39, 0.29) is 0 Å². The zero-order chi connectivity index (χ0) is 13.8. The molecule has 19 heavy (non-hydrogen) atoms. The van der Waals surface area contributed by atoms with Gasteiger partial charge in [0.2, 0.25) is 5.95 Å². The summed E-state index contributed by atoms with van der Waals surface area (Å²) in [6, 6.07) is 6.97. The first-order valence-electron chi connectivity index (χ1n) is 6.89. The molecule has 1 N–H and O–H groups in total. The highest BCUT2D eigenvalue weighted by Gasteiger charge is 2.12. The van der Waals surface area contributed by atoms with Gasteiger partial charge in [-0.2, -0.15) is 4.98 Å². The minimum absolute atomic E-state index is 0.552. The SMILES string of the molecule is CC(C)N(CCNc1nc2ccccn2n1)C(C)C. The first kappa shape index (κ1) is 13.8. The van der Waals surface area contributed by atoms with Gasteiger partial charge in [-0.3, -0.25) is 4.90 Å². The summed E-state index contributed by atoms with van der Waals surface area (Å²) >= 11 is 0. The molecule has 104 valence electrons. The van der Waals surface area contributed by atoms with Gasteiger partial charge in [0.1, 0.15) is 0 Å². The number of nitrogens with zero attached hydrogens (tertiary/aromatic N) is 4. The molecule has 0 saturated carbocycles. The van der Waals surface area contributed by atoms with Crippen molar-refractivity contribution in [3.8, 4) is 0 Å². The lowest BCUT2D eigenvalue weighted by Gasteiger charge is -2.30. The second-order valence-electron chi connectivity index (χ2n) is 5.29. The van der Waals surface area contributed by atoms with Crippen LogP contribution in [0.1, 0.15) is 27.7 Å². The molecule has 0 aliphatic carbocycles. The van der Waals surface area contributed by atoms with E-state index < -0.39 is 0 Å². The molecule has 5 heteroatoms. The zero-order valence-electron chi connectivity index (χ0n) is 12.2. The second-order valence-corrected chi connectivity index (χ2v) is 5.29. The fourth-order valence-corrected chi connectivity index (χ4v) is 2.32. The molecular weight excluding hydrogens is 238 g/mol. The number of hydrogen-bond acceptors (Lipinski definition) is 4. The molecule has 0 radical (unpaired) electrons. The van der Waals surface area contributed by atoms with Gasteiger partial charge in [0.15, 0.2) is 5.65 Å². The van der Waals surface area contributed by atoms with E-state index in [1.165, 1.54) is 0 Å². The minimum atomic E-state index is 0.552. The van der Waals surface area contributed by atoms with Gasteiger partial charge in [0, 0.05) is 31.4 Å². The van der Waals surface area contributed by atoms with E-state index in [0.717, 1.165) is 18.7 Å². The highest BCUT2D eigenvalue weighted by molar-refractivity contribution is 5.42. The Morgan fingerprint density at radius 1 is 1.21 bits per heavy atom. The normalized spacial score (nSPS) is 11.9. The van der Waals surface area contributed by atoms with Gasteiger partial charge in [0.25, 0.3) is 0 Å². The summed E-state index contributed by atoms with van der Waals surface area (Å²) in [4.78, 5) is 6.87. The third-order valence-corrected chi connectivity index (χ3v) is 3.22. The van der Waals surface area contributed by atoms with E-state index in [0.29, 0.717) is 18.0 Å². The molecule has 2 aromatic rings. The van der Waals surface area contributed by atoms with Crippen molar-refractivity contribution in [1.29, 1.82) is 0 Å². The Morgan fingerprint density at radius 2 is 1.95 bits per heavy atom. The van der Waals surface area contributed by atoms with E-state index in [1.807, 2.05) is 24.4 Å². The lowest BCUT2D eigenvalue weighted by atomic mass is 10.2. The summed E-state index contributed by atoms with van der Waals surface area (Å²) in [6.45, 7) is 10.7. The molecular formula is C14H23N5. The third kappa shape index (κ3) is 3.44. The average Bonchev–Trinajstić information content (AvgIpc) is 2.76. The standard InChI is InChI=1S/C14H23N5/c1-11(2)18(12(3)4)10-8-15-14-16-13-7-5-6-9-19(13)17-14/h5-7,9,11-12H,8,10H2,1-4H3,(H,15,17). The average molecular weight is 261 g/mol. The van der Waals surface area contributed by atoms with E-state index >= 15 is 0 Å². The molecule has 0 fully saturated rings. The minimum Gasteiger partial charge on any atom is -0.352 e. The molecule has 2 aromatic heterocycles. The van der Waals surface area contributed by atoms with Crippen LogP contribution in [-0.4, -0.2) is 44.7 Å². The van der Waals surface area contributed by atoms with Gasteiger partial charge in [-0.25, -0.2) is 4.52 Å². The predicted octanol–water partition coefficient (Wildman–Crippen LogP) is 2.26. The van der Waals surface area contributed by atoms with Crippen LogP contribution in [0.25, 0.3) is 5.65 Å². The van der Waals surface area contributed by atoms with Gasteiger partial charge < -0.3 is 5.32 Å². The highest BCUT2D eigenvalue weighted by Crippen LogP contribution is 2.06. The molecule has 0 aliphatic rings. The Bertz CT molecular complexity index is 476. The van der Waals surface area contributed by atoms with E-state index in [1.54, 1.807) is 4.52 Å². The van der Waals surface area contributed by atoms with Crippen LogP contribution in [0.15, 0.2) is 24.4 Å². The molecule has 0 saturated heterocycles. The lowest BCUT2D eigenvalue weighted by Crippen LogP contribution is -2.40. The monoisotopic (exact) mass is 261 g/mol. The summed E-state index contributed by atoms with van der Waals surface area (Å²) in [5.41, 5.74) is 0.870. The van der Waals surface area contributed by atoms with Crippen molar-refractivity contribution >= 4 is 11.6 Å². The summed E-state index contributed by atoms with van der Waals surface area (Å²) in [6.07, 6.45) is 1.90. The number of hydrogen-bond donors (Lipinski definition) is 1. The van der Waals surface area contributed by atoms with Crippen LogP contribution in [0.2, 0.25) is 0 Å². The van der Waals surface area contributed by atoms with Gasteiger partial charge in [-0.05, 0) is 39.8 Å². The fraction of sp³-hybridized carbons (Fsp3) is 0.571. The van der Waals surface area contributed by atoms with E-state index in [9.17, 15) is 0 Å². The smallest absolute Gasteiger partial charge is 0.243 e. The Labute approximate surface area is 114 Å². The molecule has 0 atom stereocenters. The molecule has 0 spiro atoms. The number of nitrogens with one attached hydrogen (secondary N) is 1. The van der Waals surface area contributed by atoms with Crippen LogP contribution in [0.4, 0.5) is 5.95 Å². The van der Waals surface area contributed by atoms with Crippen molar-refractivity contribution in [2.45, 2.75) is 39.8 Å². The van der Waals surface area contributed by atoms with Gasteiger partial charge in [0.05, 0.1) is 0 Å². The number of fused-ring (bicyclic) bond motifs is 1. The zero-order valence-corrected chi connectivity index (χ0v) is 12.2. The van der Waals surface area contributed by atoms with Gasteiger partial charge >= 0.3 is 0 Å². The molecule has 2 heterocycles. The van der Waals surface area contributed by atoms with Crippen molar-refractivity contribution in [2.24, 2.45) is 0 Å². The highest BCUT2D eigenvalue weighted by atomic mass is 15.3. The second kappa shape index (κ2) is 6.02. The topological polar surface area (TPSA) is 45.5 Å². The Morgan fingerprint density at radius 3 is 2.58 bits per heavy atom. The van der Waals surface area contributed by atoms with Crippen molar-refractivity contribution in [3.63, 3.8) is 0 Å². The van der Waals surface area contributed by atoms with Crippen LogP contribution in [-0.2, 0) is 0 Å². The van der Waals surface area contributed by atoms with Crippen molar-refractivity contribution in [3.05, 3.63) is 24.4 Å². The summed E-state index contributed by atoms with van der Waals surface area (Å²) in [5, 5.41) is 7.66. The Hall–Kier alpha value is -1.62. The number of rotatable bonds is 6.